The molecule has 1 aliphatic heterocycles. The first-order chi connectivity index (χ1) is 13.0. The highest BCUT2D eigenvalue weighted by Gasteiger charge is 2.21. The average molecular weight is 388 g/mol. The van der Waals surface area contributed by atoms with Crippen molar-refractivity contribution in [3.8, 4) is 0 Å². The smallest absolute Gasteiger partial charge is 0.258 e. The van der Waals surface area contributed by atoms with E-state index >= 15 is 0 Å². The standard InChI is InChI=1S/C20H24N2O4S/c1-2-22(17-7-4-3-5-8-17)20(23)16-10-12-19(13-11-16)27(24,25)21-15-18-9-6-14-26-18/h3-5,7-8,10-13,18,21H,2,6,9,14-15H2,1H3. The zero-order valence-electron chi connectivity index (χ0n) is 15.3. The van der Waals surface area contributed by atoms with E-state index in [1.165, 1.54) is 12.1 Å². The van der Waals surface area contributed by atoms with Crippen molar-refractivity contribution in [3.05, 3.63) is 60.2 Å². The van der Waals surface area contributed by atoms with Crippen LogP contribution in [0.15, 0.2) is 59.5 Å². The number of carbonyl (C=O) groups is 1. The molecule has 144 valence electrons. The Morgan fingerprint density at radius 3 is 2.44 bits per heavy atom. The second kappa shape index (κ2) is 8.65. The van der Waals surface area contributed by atoms with Crippen LogP contribution in [0, 0.1) is 0 Å². The number of sulfonamides is 1. The first-order valence-corrected chi connectivity index (χ1v) is 10.6. The van der Waals surface area contributed by atoms with Crippen molar-refractivity contribution in [2.24, 2.45) is 0 Å². The Kier molecular flexibility index (Phi) is 6.26. The fourth-order valence-corrected chi connectivity index (χ4v) is 4.14. The van der Waals surface area contributed by atoms with Gasteiger partial charge in [0.15, 0.2) is 0 Å². The predicted molar refractivity (Wildman–Crippen MR) is 104 cm³/mol. The van der Waals surface area contributed by atoms with Crippen molar-refractivity contribution in [1.29, 1.82) is 0 Å². The van der Waals surface area contributed by atoms with Gasteiger partial charge in [-0.25, -0.2) is 13.1 Å². The van der Waals surface area contributed by atoms with Gasteiger partial charge in [-0.1, -0.05) is 18.2 Å². The summed E-state index contributed by atoms with van der Waals surface area (Å²) in [6.07, 6.45) is 1.76. The van der Waals surface area contributed by atoms with Crippen LogP contribution in [0.4, 0.5) is 5.69 Å². The molecule has 1 heterocycles. The van der Waals surface area contributed by atoms with Crippen LogP contribution in [0.5, 0.6) is 0 Å². The summed E-state index contributed by atoms with van der Waals surface area (Å²) in [6.45, 7) is 3.36. The van der Waals surface area contributed by atoms with Gasteiger partial charge in [-0.05, 0) is 56.2 Å². The van der Waals surface area contributed by atoms with Crippen molar-refractivity contribution in [1.82, 2.24) is 4.72 Å². The maximum atomic E-state index is 12.8. The lowest BCUT2D eigenvalue weighted by Gasteiger charge is -2.21. The summed E-state index contributed by atoms with van der Waals surface area (Å²) in [5, 5.41) is 0. The summed E-state index contributed by atoms with van der Waals surface area (Å²) < 4.78 is 32.9. The van der Waals surface area contributed by atoms with Gasteiger partial charge in [0.05, 0.1) is 11.0 Å². The summed E-state index contributed by atoms with van der Waals surface area (Å²) in [4.78, 5) is 14.6. The normalized spacial score (nSPS) is 17.0. The molecule has 1 aliphatic rings. The van der Waals surface area contributed by atoms with Crippen LogP contribution in [-0.4, -0.2) is 40.1 Å². The minimum atomic E-state index is -3.62. The van der Waals surface area contributed by atoms with E-state index in [2.05, 4.69) is 4.72 Å². The second-order valence-electron chi connectivity index (χ2n) is 6.40. The molecule has 0 aromatic heterocycles. The molecule has 1 fully saturated rings. The average Bonchev–Trinajstić information content (AvgIpc) is 3.22. The van der Waals surface area contributed by atoms with Gasteiger partial charge in [-0.2, -0.15) is 0 Å². The number of ether oxygens (including phenoxy) is 1. The SMILES string of the molecule is CCN(C(=O)c1ccc(S(=O)(=O)NCC2CCCO2)cc1)c1ccccc1. The Hall–Kier alpha value is -2.22. The first kappa shape index (κ1) is 19.5. The van der Waals surface area contributed by atoms with E-state index < -0.39 is 10.0 Å². The lowest BCUT2D eigenvalue weighted by atomic mass is 10.2. The molecule has 3 rings (SSSR count). The molecule has 0 radical (unpaired) electrons. The Balaban J connectivity index is 1.71. The van der Waals surface area contributed by atoms with E-state index in [0.717, 1.165) is 18.5 Å². The monoisotopic (exact) mass is 388 g/mol. The van der Waals surface area contributed by atoms with Crippen molar-refractivity contribution in [2.75, 3.05) is 24.6 Å². The Labute approximate surface area is 160 Å². The summed E-state index contributed by atoms with van der Waals surface area (Å²) in [5.41, 5.74) is 1.25. The van der Waals surface area contributed by atoms with Gasteiger partial charge in [0.1, 0.15) is 0 Å². The predicted octanol–water partition coefficient (Wildman–Crippen LogP) is 2.81. The lowest BCUT2D eigenvalue weighted by molar-refractivity contribution is 0.0988. The molecule has 1 atom stereocenters. The van der Waals surface area contributed by atoms with Crippen LogP contribution in [-0.2, 0) is 14.8 Å². The second-order valence-corrected chi connectivity index (χ2v) is 8.16. The molecule has 1 unspecified atom stereocenters. The number of hydrogen-bond donors (Lipinski definition) is 1. The molecule has 1 N–H and O–H groups in total. The topological polar surface area (TPSA) is 75.7 Å². The van der Waals surface area contributed by atoms with Gasteiger partial charge in [-0.15, -0.1) is 0 Å². The number of anilines is 1. The number of nitrogens with zero attached hydrogens (tertiary/aromatic N) is 1. The molecule has 7 heteroatoms. The van der Waals surface area contributed by atoms with E-state index in [1.54, 1.807) is 17.0 Å². The highest BCUT2D eigenvalue weighted by atomic mass is 32.2. The molecular weight excluding hydrogens is 364 g/mol. The maximum absolute atomic E-state index is 12.8. The molecule has 2 aromatic rings. The number of benzene rings is 2. The van der Waals surface area contributed by atoms with Gasteiger partial charge in [0.25, 0.3) is 5.91 Å². The Morgan fingerprint density at radius 1 is 1.15 bits per heavy atom. The van der Waals surface area contributed by atoms with Gasteiger partial charge < -0.3 is 9.64 Å². The maximum Gasteiger partial charge on any atom is 0.258 e. The number of amides is 1. The van der Waals surface area contributed by atoms with Crippen LogP contribution in [0.1, 0.15) is 30.1 Å². The molecule has 0 saturated carbocycles. The quantitative estimate of drug-likeness (QED) is 0.791. The molecule has 0 aliphatic carbocycles. The zero-order valence-corrected chi connectivity index (χ0v) is 16.1. The third-order valence-corrected chi connectivity index (χ3v) is 6.01. The molecule has 27 heavy (non-hydrogen) atoms. The van der Waals surface area contributed by atoms with E-state index in [9.17, 15) is 13.2 Å². The van der Waals surface area contributed by atoms with E-state index in [4.69, 9.17) is 4.74 Å². The van der Waals surface area contributed by atoms with E-state index in [1.807, 2.05) is 37.3 Å². The van der Waals surface area contributed by atoms with Gasteiger partial charge in [0.2, 0.25) is 10.0 Å². The van der Waals surface area contributed by atoms with Gasteiger partial charge in [0, 0.05) is 30.9 Å². The number of rotatable bonds is 7. The fraction of sp³-hybridized carbons (Fsp3) is 0.350. The fourth-order valence-electron chi connectivity index (χ4n) is 3.08. The Bertz CT molecular complexity index is 861. The number of carbonyl (C=O) groups excluding carboxylic acids is 1. The summed E-state index contributed by atoms with van der Waals surface area (Å²) in [5.74, 6) is -0.167. The van der Waals surface area contributed by atoms with E-state index in [-0.39, 0.29) is 23.5 Å². The zero-order chi connectivity index (χ0) is 19.3. The minimum Gasteiger partial charge on any atom is -0.377 e. The largest absolute Gasteiger partial charge is 0.377 e. The van der Waals surface area contributed by atoms with Crippen LogP contribution in [0.3, 0.4) is 0 Å². The van der Waals surface area contributed by atoms with Gasteiger partial charge in [-0.3, -0.25) is 4.79 Å². The summed E-state index contributed by atoms with van der Waals surface area (Å²) in [7, 11) is -3.62. The number of para-hydroxylation sites is 1. The van der Waals surface area contributed by atoms with Crippen LogP contribution < -0.4 is 9.62 Å². The third-order valence-electron chi connectivity index (χ3n) is 4.57. The summed E-state index contributed by atoms with van der Waals surface area (Å²) in [6, 6.07) is 15.4. The highest BCUT2D eigenvalue weighted by molar-refractivity contribution is 7.89. The lowest BCUT2D eigenvalue weighted by Crippen LogP contribution is -2.32. The number of hydrogen-bond acceptors (Lipinski definition) is 4. The molecule has 1 saturated heterocycles. The molecule has 2 aromatic carbocycles. The van der Waals surface area contributed by atoms with Crippen molar-refractivity contribution in [2.45, 2.75) is 30.8 Å². The first-order valence-electron chi connectivity index (χ1n) is 9.09. The van der Waals surface area contributed by atoms with Crippen molar-refractivity contribution >= 4 is 21.6 Å². The van der Waals surface area contributed by atoms with Crippen molar-refractivity contribution in [3.63, 3.8) is 0 Å². The third kappa shape index (κ3) is 4.74. The summed E-state index contributed by atoms with van der Waals surface area (Å²) >= 11 is 0. The molecule has 0 spiro atoms. The van der Waals surface area contributed by atoms with Crippen molar-refractivity contribution < 1.29 is 17.9 Å². The Morgan fingerprint density at radius 2 is 1.85 bits per heavy atom. The minimum absolute atomic E-state index is 0.0652. The van der Waals surface area contributed by atoms with E-state index in [0.29, 0.717) is 18.7 Å². The highest BCUT2D eigenvalue weighted by Crippen LogP contribution is 2.18. The van der Waals surface area contributed by atoms with Gasteiger partial charge >= 0.3 is 0 Å². The number of nitrogens with one attached hydrogen (secondary N) is 1. The molecule has 6 nitrogen and oxygen atoms in total. The van der Waals surface area contributed by atoms with Crippen LogP contribution in [0.2, 0.25) is 0 Å². The molecule has 0 bridgehead atoms. The van der Waals surface area contributed by atoms with Crippen LogP contribution in [0.25, 0.3) is 0 Å². The molecular formula is C20H24N2O4S. The van der Waals surface area contributed by atoms with Crippen LogP contribution >= 0.6 is 0 Å². The molecule has 1 amide bonds.